The van der Waals surface area contributed by atoms with Gasteiger partial charge in [0.2, 0.25) is 0 Å². The molecular weight excluding hydrogens is 316 g/mol. The number of aromatic nitrogens is 2. The molecule has 124 valence electrons. The first-order valence-electron chi connectivity index (χ1n) is 7.28. The van der Waals surface area contributed by atoms with Crippen LogP contribution in [0.4, 0.5) is 5.95 Å². The van der Waals surface area contributed by atoms with Crippen molar-refractivity contribution in [3.63, 3.8) is 0 Å². The molecule has 0 spiro atoms. The molecule has 0 fully saturated rings. The number of aliphatic hydroxyl groups is 1. The van der Waals surface area contributed by atoms with Crippen LogP contribution in [0.25, 0.3) is 0 Å². The number of hydrogen-bond acceptors (Lipinski definition) is 6. The summed E-state index contributed by atoms with van der Waals surface area (Å²) >= 11 is 0. The highest BCUT2D eigenvalue weighted by atomic mass is 16.6. The van der Waals surface area contributed by atoms with Crippen molar-refractivity contribution in [1.29, 1.82) is 0 Å². The lowest BCUT2D eigenvalue weighted by atomic mass is 10.1. The number of amides is 2. The predicted octanol–water partition coefficient (Wildman–Crippen LogP) is 0.839. The number of carbonyl (C=O) groups is 2. The van der Waals surface area contributed by atoms with Gasteiger partial charge in [-0.1, -0.05) is 17.1 Å². The van der Waals surface area contributed by atoms with E-state index in [9.17, 15) is 24.8 Å². The molecule has 24 heavy (non-hydrogen) atoms. The van der Waals surface area contributed by atoms with Crippen molar-refractivity contribution in [2.45, 2.75) is 19.1 Å². The summed E-state index contributed by atoms with van der Waals surface area (Å²) in [6, 6.07) is 6.53. The Morgan fingerprint density at radius 3 is 2.42 bits per heavy atom. The minimum absolute atomic E-state index is 0.0377. The van der Waals surface area contributed by atoms with Crippen LogP contribution in [-0.2, 0) is 6.54 Å². The Labute approximate surface area is 136 Å². The molecule has 1 aromatic heterocycles. The van der Waals surface area contributed by atoms with Gasteiger partial charge in [0.25, 0.3) is 11.8 Å². The van der Waals surface area contributed by atoms with E-state index in [1.165, 1.54) is 17.0 Å². The zero-order valence-electron chi connectivity index (χ0n) is 12.5. The standard InChI is InChI=1S/C15H14N4O5/c20-10(9-17-8-6-16-15(17)19(23)24)5-7-18-13(21)11-3-1-2-4-12(11)14(18)22/h1-4,6,8,10,20H,5,7,9H2. The van der Waals surface area contributed by atoms with Gasteiger partial charge in [0.1, 0.15) is 12.4 Å². The number of nitrogens with zero attached hydrogens (tertiary/aromatic N) is 4. The van der Waals surface area contributed by atoms with E-state index in [1.54, 1.807) is 24.3 Å². The summed E-state index contributed by atoms with van der Waals surface area (Å²) in [4.78, 5) is 39.2. The van der Waals surface area contributed by atoms with Crippen LogP contribution in [0.15, 0.2) is 36.7 Å². The van der Waals surface area contributed by atoms with Gasteiger partial charge < -0.3 is 15.2 Å². The predicted molar refractivity (Wildman–Crippen MR) is 81.3 cm³/mol. The van der Waals surface area contributed by atoms with Crippen LogP contribution < -0.4 is 0 Å². The van der Waals surface area contributed by atoms with Gasteiger partial charge in [0.15, 0.2) is 0 Å². The summed E-state index contributed by atoms with van der Waals surface area (Å²) in [5.41, 5.74) is 0.699. The van der Waals surface area contributed by atoms with E-state index in [0.717, 1.165) is 4.90 Å². The molecule has 9 heteroatoms. The van der Waals surface area contributed by atoms with Gasteiger partial charge in [0.05, 0.1) is 23.8 Å². The summed E-state index contributed by atoms with van der Waals surface area (Å²) in [6.45, 7) is -0.00447. The van der Waals surface area contributed by atoms with E-state index in [1.807, 2.05) is 0 Å². The number of carbonyl (C=O) groups excluding carboxylic acids is 2. The summed E-state index contributed by atoms with van der Waals surface area (Å²) in [6.07, 6.45) is 1.82. The molecule has 2 amide bonds. The van der Waals surface area contributed by atoms with E-state index in [4.69, 9.17) is 0 Å². The largest absolute Gasteiger partial charge is 0.434 e. The van der Waals surface area contributed by atoms with Gasteiger partial charge in [-0.15, -0.1) is 0 Å². The van der Waals surface area contributed by atoms with Gasteiger partial charge in [-0.25, -0.2) is 4.57 Å². The van der Waals surface area contributed by atoms with Gasteiger partial charge in [0, 0.05) is 6.54 Å². The van der Waals surface area contributed by atoms with Crippen molar-refractivity contribution in [2.75, 3.05) is 6.54 Å². The Morgan fingerprint density at radius 1 is 1.21 bits per heavy atom. The summed E-state index contributed by atoms with van der Waals surface area (Å²) in [7, 11) is 0. The fraction of sp³-hybridized carbons (Fsp3) is 0.267. The second-order valence-electron chi connectivity index (χ2n) is 5.39. The lowest BCUT2D eigenvalue weighted by Gasteiger charge is -2.16. The molecule has 1 atom stereocenters. The third-order valence-corrected chi connectivity index (χ3v) is 3.83. The highest BCUT2D eigenvalue weighted by molar-refractivity contribution is 6.21. The first kappa shape index (κ1) is 15.8. The number of imidazole rings is 1. The Morgan fingerprint density at radius 2 is 1.83 bits per heavy atom. The average molecular weight is 330 g/mol. The third kappa shape index (κ3) is 2.76. The monoisotopic (exact) mass is 330 g/mol. The summed E-state index contributed by atoms with van der Waals surface area (Å²) in [5, 5.41) is 20.8. The molecular formula is C15H14N4O5. The van der Waals surface area contributed by atoms with Crippen molar-refractivity contribution in [3.8, 4) is 0 Å². The number of hydrogen-bond donors (Lipinski definition) is 1. The normalized spacial score (nSPS) is 14.8. The molecule has 1 unspecified atom stereocenters. The first-order chi connectivity index (χ1) is 11.5. The molecule has 3 rings (SSSR count). The van der Waals surface area contributed by atoms with Crippen LogP contribution >= 0.6 is 0 Å². The highest BCUT2D eigenvalue weighted by Crippen LogP contribution is 2.22. The fourth-order valence-electron chi connectivity index (χ4n) is 2.65. The van der Waals surface area contributed by atoms with Crippen molar-refractivity contribution in [1.82, 2.24) is 14.5 Å². The minimum atomic E-state index is -0.956. The smallest absolute Gasteiger partial charge is 0.390 e. The van der Waals surface area contributed by atoms with E-state index in [0.29, 0.717) is 11.1 Å². The fourth-order valence-corrected chi connectivity index (χ4v) is 2.65. The van der Waals surface area contributed by atoms with Gasteiger partial charge in [-0.05, 0) is 23.5 Å². The van der Waals surface area contributed by atoms with Crippen LogP contribution in [0.5, 0.6) is 0 Å². The Bertz CT molecular complexity index is 781. The van der Waals surface area contributed by atoms with Crippen LogP contribution in [0.2, 0.25) is 0 Å². The molecule has 2 heterocycles. The van der Waals surface area contributed by atoms with Crippen molar-refractivity contribution in [2.24, 2.45) is 0 Å². The molecule has 2 aromatic rings. The Kier molecular flexibility index (Phi) is 4.09. The molecule has 0 saturated heterocycles. The average Bonchev–Trinajstić information content (AvgIpc) is 3.11. The number of aliphatic hydroxyl groups excluding tert-OH is 1. The van der Waals surface area contributed by atoms with E-state index < -0.39 is 22.8 Å². The quantitative estimate of drug-likeness (QED) is 0.476. The SMILES string of the molecule is O=C1c2ccccc2C(=O)N1CCC(O)Cn1ccnc1[N+](=O)[O-]. The molecule has 1 aliphatic heterocycles. The molecule has 1 aromatic carbocycles. The summed E-state index contributed by atoms with van der Waals surface area (Å²) in [5.74, 6) is -1.15. The second-order valence-corrected chi connectivity index (χ2v) is 5.39. The lowest BCUT2D eigenvalue weighted by molar-refractivity contribution is -0.397. The Hall–Kier alpha value is -3.07. The second kappa shape index (κ2) is 6.20. The van der Waals surface area contributed by atoms with Crippen LogP contribution in [0.1, 0.15) is 27.1 Å². The first-order valence-corrected chi connectivity index (χ1v) is 7.28. The Balaban J connectivity index is 1.62. The minimum Gasteiger partial charge on any atom is -0.390 e. The van der Waals surface area contributed by atoms with Crippen molar-refractivity contribution >= 4 is 17.8 Å². The molecule has 0 saturated carbocycles. The summed E-state index contributed by atoms with van der Waals surface area (Å²) < 4.78 is 1.22. The number of benzene rings is 1. The number of fused-ring (bicyclic) bond motifs is 1. The molecule has 9 nitrogen and oxygen atoms in total. The maximum absolute atomic E-state index is 12.2. The lowest BCUT2D eigenvalue weighted by Crippen LogP contribution is -2.33. The van der Waals surface area contributed by atoms with E-state index in [-0.39, 0.29) is 25.5 Å². The van der Waals surface area contributed by atoms with Gasteiger partial charge >= 0.3 is 5.95 Å². The number of rotatable bonds is 6. The van der Waals surface area contributed by atoms with Crippen LogP contribution in [-0.4, -0.2) is 48.9 Å². The molecule has 0 bridgehead atoms. The van der Waals surface area contributed by atoms with Crippen LogP contribution in [0.3, 0.4) is 0 Å². The van der Waals surface area contributed by atoms with Gasteiger partial charge in [-0.3, -0.25) is 14.5 Å². The number of imide groups is 1. The maximum atomic E-state index is 12.2. The molecule has 0 aliphatic carbocycles. The zero-order chi connectivity index (χ0) is 17.3. The highest BCUT2D eigenvalue weighted by Gasteiger charge is 2.35. The van der Waals surface area contributed by atoms with E-state index >= 15 is 0 Å². The molecule has 0 radical (unpaired) electrons. The zero-order valence-corrected chi connectivity index (χ0v) is 12.5. The molecule has 1 N–H and O–H groups in total. The number of nitro groups is 1. The third-order valence-electron chi connectivity index (χ3n) is 3.83. The maximum Gasteiger partial charge on any atom is 0.434 e. The van der Waals surface area contributed by atoms with E-state index in [2.05, 4.69) is 4.98 Å². The van der Waals surface area contributed by atoms with Crippen LogP contribution in [0, 0.1) is 10.1 Å². The topological polar surface area (TPSA) is 119 Å². The molecule has 1 aliphatic rings. The van der Waals surface area contributed by atoms with Crippen molar-refractivity contribution < 1.29 is 19.6 Å². The van der Waals surface area contributed by atoms with Gasteiger partial charge in [-0.2, -0.15) is 0 Å². The van der Waals surface area contributed by atoms with Crippen molar-refractivity contribution in [3.05, 3.63) is 57.9 Å².